The molecular weight excluding hydrogens is 174 g/mol. The average molecular weight is 199 g/mol. The Kier molecular flexibility index (Phi) is 5.49. The zero-order valence-corrected chi connectivity index (χ0v) is 9.88. The zero-order valence-electron chi connectivity index (χ0n) is 9.88. The molecule has 0 aromatic carbocycles. The molecule has 0 bridgehead atoms. The molecule has 1 atom stereocenters. The molecule has 0 radical (unpaired) electrons. The minimum absolute atomic E-state index is 0.538. The van der Waals surface area contributed by atoms with Crippen LogP contribution in [0.4, 0.5) is 0 Å². The fourth-order valence-electron chi connectivity index (χ4n) is 1.59. The summed E-state index contributed by atoms with van der Waals surface area (Å²) < 4.78 is 5.84. The van der Waals surface area contributed by atoms with Crippen LogP contribution in [0.5, 0.6) is 0 Å². The fourth-order valence-corrected chi connectivity index (χ4v) is 1.59. The van der Waals surface area contributed by atoms with Gasteiger partial charge in [-0.05, 0) is 38.1 Å². The molecule has 1 aliphatic rings. The lowest BCUT2D eigenvalue weighted by Gasteiger charge is -2.29. The fraction of sp³-hybridized carbons (Fsp3) is 1.00. The van der Waals surface area contributed by atoms with Crippen molar-refractivity contribution in [2.24, 2.45) is 5.92 Å². The maximum atomic E-state index is 5.84. The maximum absolute atomic E-state index is 5.84. The van der Waals surface area contributed by atoms with Gasteiger partial charge in [-0.3, -0.25) is 0 Å². The van der Waals surface area contributed by atoms with E-state index < -0.39 is 0 Å². The molecular formula is C12H25NO. The Morgan fingerprint density at radius 1 is 1.36 bits per heavy atom. The van der Waals surface area contributed by atoms with Gasteiger partial charge in [-0.25, -0.2) is 0 Å². The van der Waals surface area contributed by atoms with E-state index in [2.05, 4.69) is 26.1 Å². The third-order valence-corrected chi connectivity index (χ3v) is 3.02. The first kappa shape index (κ1) is 12.0. The van der Waals surface area contributed by atoms with Crippen molar-refractivity contribution in [1.29, 1.82) is 0 Å². The van der Waals surface area contributed by atoms with Crippen LogP contribution in [0, 0.1) is 5.92 Å². The van der Waals surface area contributed by atoms with E-state index in [1.807, 2.05) is 0 Å². The molecule has 0 spiro atoms. The first-order valence-electron chi connectivity index (χ1n) is 6.09. The summed E-state index contributed by atoms with van der Waals surface area (Å²) >= 11 is 0. The summed E-state index contributed by atoms with van der Waals surface area (Å²) in [6.45, 7) is 8.73. The van der Waals surface area contributed by atoms with Gasteiger partial charge in [0.25, 0.3) is 0 Å². The van der Waals surface area contributed by atoms with Crippen molar-refractivity contribution in [2.45, 2.75) is 58.6 Å². The third kappa shape index (κ3) is 3.97. The lowest BCUT2D eigenvalue weighted by atomic mass is 9.96. The highest BCUT2D eigenvalue weighted by molar-refractivity contribution is 4.74. The number of ether oxygens (including phenoxy) is 1. The Bertz CT molecular complexity index is 143. The standard InChI is InChI=1S/C12H25NO/c1-4-8-13-12(10(2)3)9-14-11-6-5-7-11/h10-13H,4-9H2,1-3H3. The minimum Gasteiger partial charge on any atom is -0.377 e. The summed E-state index contributed by atoms with van der Waals surface area (Å²) in [5, 5.41) is 3.55. The van der Waals surface area contributed by atoms with Crippen molar-refractivity contribution in [3.8, 4) is 0 Å². The van der Waals surface area contributed by atoms with Crippen LogP contribution in [0.25, 0.3) is 0 Å². The van der Waals surface area contributed by atoms with Crippen LogP contribution in [-0.4, -0.2) is 25.3 Å². The molecule has 84 valence electrons. The van der Waals surface area contributed by atoms with Crippen molar-refractivity contribution in [2.75, 3.05) is 13.2 Å². The average Bonchev–Trinajstić information content (AvgIpc) is 2.07. The molecule has 0 saturated heterocycles. The molecule has 14 heavy (non-hydrogen) atoms. The second-order valence-corrected chi connectivity index (χ2v) is 4.69. The predicted octanol–water partition coefficient (Wildman–Crippen LogP) is 2.58. The van der Waals surface area contributed by atoms with Crippen LogP contribution < -0.4 is 5.32 Å². The monoisotopic (exact) mass is 199 g/mol. The van der Waals surface area contributed by atoms with Gasteiger partial charge >= 0.3 is 0 Å². The quantitative estimate of drug-likeness (QED) is 0.680. The van der Waals surface area contributed by atoms with Crippen LogP contribution in [0.2, 0.25) is 0 Å². The van der Waals surface area contributed by atoms with Gasteiger partial charge in [-0.1, -0.05) is 20.8 Å². The van der Waals surface area contributed by atoms with Crippen LogP contribution in [0.15, 0.2) is 0 Å². The maximum Gasteiger partial charge on any atom is 0.0625 e. The Hall–Kier alpha value is -0.0800. The second-order valence-electron chi connectivity index (χ2n) is 4.69. The van der Waals surface area contributed by atoms with Gasteiger partial charge in [0.2, 0.25) is 0 Å². The van der Waals surface area contributed by atoms with Crippen molar-refractivity contribution in [3.05, 3.63) is 0 Å². The number of hydrogen-bond donors (Lipinski definition) is 1. The normalized spacial score (nSPS) is 19.7. The van der Waals surface area contributed by atoms with Gasteiger partial charge < -0.3 is 10.1 Å². The molecule has 1 unspecified atom stereocenters. The highest BCUT2D eigenvalue weighted by Gasteiger charge is 2.20. The molecule has 0 aromatic rings. The van der Waals surface area contributed by atoms with Gasteiger partial charge in [0.1, 0.15) is 0 Å². The summed E-state index contributed by atoms with van der Waals surface area (Å²) in [5.74, 6) is 0.668. The first-order chi connectivity index (χ1) is 6.74. The van der Waals surface area contributed by atoms with E-state index >= 15 is 0 Å². The van der Waals surface area contributed by atoms with E-state index in [1.165, 1.54) is 25.7 Å². The summed E-state index contributed by atoms with van der Waals surface area (Å²) in [5.41, 5.74) is 0. The third-order valence-electron chi connectivity index (χ3n) is 3.02. The lowest BCUT2D eigenvalue weighted by Crippen LogP contribution is -2.40. The molecule has 1 rings (SSSR count). The molecule has 0 heterocycles. The predicted molar refractivity (Wildman–Crippen MR) is 60.5 cm³/mol. The lowest BCUT2D eigenvalue weighted by molar-refractivity contribution is -0.0139. The largest absolute Gasteiger partial charge is 0.377 e. The molecule has 1 fully saturated rings. The molecule has 0 amide bonds. The van der Waals surface area contributed by atoms with Gasteiger partial charge in [-0.2, -0.15) is 0 Å². The Labute approximate surface area is 88.4 Å². The smallest absolute Gasteiger partial charge is 0.0625 e. The van der Waals surface area contributed by atoms with Gasteiger partial charge in [0.15, 0.2) is 0 Å². The number of rotatable bonds is 7. The van der Waals surface area contributed by atoms with E-state index in [1.54, 1.807) is 0 Å². The number of nitrogens with one attached hydrogen (secondary N) is 1. The van der Waals surface area contributed by atoms with Crippen molar-refractivity contribution >= 4 is 0 Å². The van der Waals surface area contributed by atoms with E-state index in [0.717, 1.165) is 13.2 Å². The Morgan fingerprint density at radius 3 is 2.50 bits per heavy atom. The summed E-state index contributed by atoms with van der Waals surface area (Å²) in [7, 11) is 0. The number of hydrogen-bond acceptors (Lipinski definition) is 2. The highest BCUT2D eigenvalue weighted by atomic mass is 16.5. The van der Waals surface area contributed by atoms with Crippen molar-refractivity contribution in [3.63, 3.8) is 0 Å². The first-order valence-corrected chi connectivity index (χ1v) is 6.09. The molecule has 1 saturated carbocycles. The van der Waals surface area contributed by atoms with Crippen LogP contribution in [-0.2, 0) is 4.74 Å². The SMILES string of the molecule is CCCNC(COC1CCC1)C(C)C. The van der Waals surface area contributed by atoms with Crippen molar-refractivity contribution < 1.29 is 4.74 Å². The second kappa shape index (κ2) is 6.41. The Morgan fingerprint density at radius 2 is 2.07 bits per heavy atom. The Balaban J connectivity index is 2.13. The molecule has 2 heteroatoms. The molecule has 1 aliphatic carbocycles. The van der Waals surface area contributed by atoms with Gasteiger partial charge in [0, 0.05) is 6.04 Å². The molecule has 1 N–H and O–H groups in total. The summed E-state index contributed by atoms with van der Waals surface area (Å²) in [4.78, 5) is 0. The van der Waals surface area contributed by atoms with Crippen molar-refractivity contribution in [1.82, 2.24) is 5.32 Å². The topological polar surface area (TPSA) is 21.3 Å². The van der Waals surface area contributed by atoms with Crippen LogP contribution in [0.1, 0.15) is 46.5 Å². The summed E-state index contributed by atoms with van der Waals surface area (Å²) in [6.07, 6.45) is 5.68. The van der Waals surface area contributed by atoms with E-state index in [-0.39, 0.29) is 0 Å². The van der Waals surface area contributed by atoms with E-state index in [9.17, 15) is 0 Å². The molecule has 2 nitrogen and oxygen atoms in total. The van der Waals surface area contributed by atoms with E-state index in [0.29, 0.717) is 18.1 Å². The summed E-state index contributed by atoms with van der Waals surface area (Å²) in [6, 6.07) is 0.538. The van der Waals surface area contributed by atoms with Crippen LogP contribution in [0.3, 0.4) is 0 Å². The highest BCUT2D eigenvalue weighted by Crippen LogP contribution is 2.22. The minimum atomic E-state index is 0.538. The zero-order chi connectivity index (χ0) is 10.4. The van der Waals surface area contributed by atoms with Gasteiger partial charge in [-0.15, -0.1) is 0 Å². The van der Waals surface area contributed by atoms with Gasteiger partial charge in [0.05, 0.1) is 12.7 Å². The molecule has 0 aliphatic heterocycles. The van der Waals surface area contributed by atoms with Crippen LogP contribution >= 0.6 is 0 Å². The molecule has 0 aromatic heterocycles. The van der Waals surface area contributed by atoms with E-state index in [4.69, 9.17) is 4.74 Å².